The summed E-state index contributed by atoms with van der Waals surface area (Å²) in [6, 6.07) is 0. The fraction of sp³-hybridized carbons (Fsp3) is 0.818. The van der Waals surface area contributed by atoms with Gasteiger partial charge in [-0.25, -0.2) is 0 Å². The van der Waals surface area contributed by atoms with E-state index in [0.717, 1.165) is 6.42 Å². The van der Waals surface area contributed by atoms with Crippen LogP contribution in [0.4, 0.5) is 0 Å². The molecule has 0 aromatic rings. The first-order valence-electron chi connectivity index (χ1n) is 5.04. The normalized spacial score (nSPS) is 30.5. The van der Waals surface area contributed by atoms with Gasteiger partial charge in [0, 0.05) is 18.8 Å². The molecule has 0 N–H and O–H groups in total. The summed E-state index contributed by atoms with van der Waals surface area (Å²) in [4.78, 5) is 22.2. The van der Waals surface area contributed by atoms with Gasteiger partial charge in [-0.1, -0.05) is 13.8 Å². The molecule has 0 saturated heterocycles. The minimum absolute atomic E-state index is 0.175. The van der Waals surface area contributed by atoms with E-state index in [1.54, 1.807) is 6.92 Å². The van der Waals surface area contributed by atoms with E-state index in [1.807, 2.05) is 6.92 Å². The molecule has 2 nitrogen and oxygen atoms in total. The predicted octanol–water partition coefficient (Wildman–Crippen LogP) is 2.22. The second kappa shape index (κ2) is 4.03. The third-order valence-corrected chi connectivity index (χ3v) is 3.21. The average molecular weight is 182 g/mol. The highest BCUT2D eigenvalue weighted by Gasteiger charge is 2.34. The Labute approximate surface area is 79.7 Å². The van der Waals surface area contributed by atoms with E-state index in [1.165, 1.54) is 0 Å². The summed E-state index contributed by atoms with van der Waals surface area (Å²) in [5.41, 5.74) is 0. The number of hydrogen-bond donors (Lipinski definition) is 0. The number of carbonyl (C=O) groups is 2. The van der Waals surface area contributed by atoms with Gasteiger partial charge in [-0.2, -0.15) is 0 Å². The Kier molecular flexibility index (Phi) is 3.23. The van der Waals surface area contributed by atoms with Crippen LogP contribution in [0, 0.1) is 17.8 Å². The third kappa shape index (κ3) is 2.39. The molecule has 1 saturated carbocycles. The molecule has 3 atom stereocenters. The van der Waals surface area contributed by atoms with Crippen molar-refractivity contribution in [3.63, 3.8) is 0 Å². The summed E-state index contributed by atoms with van der Waals surface area (Å²) in [5.74, 6) is 1.60. The van der Waals surface area contributed by atoms with E-state index in [9.17, 15) is 9.59 Å². The highest BCUT2D eigenvalue weighted by atomic mass is 16.1. The monoisotopic (exact) mass is 182 g/mol. The van der Waals surface area contributed by atoms with Crippen molar-refractivity contribution in [2.45, 2.75) is 40.0 Å². The highest BCUT2D eigenvalue weighted by Crippen LogP contribution is 2.35. The number of Topliss-reactive ketones (excluding diaryl/α,β-unsaturated/α-hetero) is 2. The van der Waals surface area contributed by atoms with Crippen LogP contribution in [-0.2, 0) is 9.59 Å². The molecule has 0 unspecified atom stereocenters. The van der Waals surface area contributed by atoms with E-state index < -0.39 is 0 Å². The minimum atomic E-state index is 0.175. The molecule has 0 aromatic carbocycles. The quantitative estimate of drug-likeness (QED) is 0.670. The van der Waals surface area contributed by atoms with E-state index in [0.29, 0.717) is 30.5 Å². The summed E-state index contributed by atoms with van der Waals surface area (Å²) < 4.78 is 0. The van der Waals surface area contributed by atoms with Crippen LogP contribution in [-0.4, -0.2) is 11.6 Å². The summed E-state index contributed by atoms with van der Waals surface area (Å²) in [6.07, 6.45) is 2.32. The Balaban J connectivity index is 2.52. The van der Waals surface area contributed by atoms with E-state index in [-0.39, 0.29) is 11.7 Å². The van der Waals surface area contributed by atoms with Gasteiger partial charge in [0.1, 0.15) is 11.6 Å². The van der Waals surface area contributed by atoms with Crippen LogP contribution in [0.25, 0.3) is 0 Å². The van der Waals surface area contributed by atoms with Crippen molar-refractivity contribution >= 4 is 11.6 Å². The maximum Gasteiger partial charge on any atom is 0.135 e. The largest absolute Gasteiger partial charge is 0.300 e. The molecule has 2 heteroatoms. The lowest BCUT2D eigenvalue weighted by atomic mass is 9.83. The molecular weight excluding hydrogens is 164 g/mol. The molecular formula is C11H18O2. The highest BCUT2D eigenvalue weighted by molar-refractivity contribution is 5.83. The first kappa shape index (κ1) is 10.4. The van der Waals surface area contributed by atoms with E-state index in [4.69, 9.17) is 0 Å². The van der Waals surface area contributed by atoms with Gasteiger partial charge in [-0.05, 0) is 25.2 Å². The van der Waals surface area contributed by atoms with Crippen molar-refractivity contribution < 1.29 is 9.59 Å². The average Bonchev–Trinajstić information content (AvgIpc) is 2.31. The molecule has 1 rings (SSSR count). The van der Waals surface area contributed by atoms with Crippen molar-refractivity contribution in [3.05, 3.63) is 0 Å². The van der Waals surface area contributed by atoms with Crippen LogP contribution in [0.1, 0.15) is 40.0 Å². The van der Waals surface area contributed by atoms with Gasteiger partial charge in [0.15, 0.2) is 0 Å². The predicted molar refractivity (Wildman–Crippen MR) is 51.4 cm³/mol. The molecule has 0 aliphatic heterocycles. The molecule has 0 aromatic heterocycles. The second-order valence-corrected chi connectivity index (χ2v) is 4.34. The summed E-state index contributed by atoms with van der Waals surface area (Å²) in [5, 5.41) is 0. The second-order valence-electron chi connectivity index (χ2n) is 4.34. The van der Waals surface area contributed by atoms with Crippen LogP contribution in [0.5, 0.6) is 0 Å². The van der Waals surface area contributed by atoms with Gasteiger partial charge in [-0.15, -0.1) is 0 Å². The maximum atomic E-state index is 11.3. The smallest absolute Gasteiger partial charge is 0.135 e. The van der Waals surface area contributed by atoms with Crippen LogP contribution >= 0.6 is 0 Å². The van der Waals surface area contributed by atoms with Crippen LogP contribution < -0.4 is 0 Å². The SMILES string of the molecule is CC(=O)C[C@@H](C)[C@H]1CCC(=O)[C@@H]1C. The van der Waals surface area contributed by atoms with E-state index >= 15 is 0 Å². The van der Waals surface area contributed by atoms with Gasteiger partial charge in [-0.3, -0.25) is 4.79 Å². The molecule has 1 fully saturated rings. The number of ketones is 2. The first-order chi connectivity index (χ1) is 6.02. The zero-order valence-corrected chi connectivity index (χ0v) is 8.67. The Morgan fingerprint density at radius 3 is 2.62 bits per heavy atom. The van der Waals surface area contributed by atoms with Crippen molar-refractivity contribution in [1.29, 1.82) is 0 Å². The van der Waals surface area contributed by atoms with Crippen molar-refractivity contribution in [2.24, 2.45) is 17.8 Å². The molecule has 0 heterocycles. The molecule has 0 spiro atoms. The molecule has 0 radical (unpaired) electrons. The lowest BCUT2D eigenvalue weighted by Crippen LogP contribution is -2.19. The van der Waals surface area contributed by atoms with Crippen molar-refractivity contribution in [1.82, 2.24) is 0 Å². The van der Waals surface area contributed by atoms with Crippen LogP contribution in [0.2, 0.25) is 0 Å². The van der Waals surface area contributed by atoms with Crippen molar-refractivity contribution in [2.75, 3.05) is 0 Å². The van der Waals surface area contributed by atoms with Crippen molar-refractivity contribution in [3.8, 4) is 0 Å². The summed E-state index contributed by atoms with van der Waals surface area (Å²) in [6.45, 7) is 5.70. The zero-order valence-electron chi connectivity index (χ0n) is 8.67. The summed E-state index contributed by atoms with van der Waals surface area (Å²) >= 11 is 0. The lowest BCUT2D eigenvalue weighted by Gasteiger charge is -2.20. The number of hydrogen-bond acceptors (Lipinski definition) is 2. The van der Waals surface area contributed by atoms with Crippen LogP contribution in [0.15, 0.2) is 0 Å². The first-order valence-corrected chi connectivity index (χ1v) is 5.04. The fourth-order valence-electron chi connectivity index (χ4n) is 2.41. The maximum absolute atomic E-state index is 11.3. The molecule has 74 valence electrons. The standard InChI is InChI=1S/C11H18O2/c1-7(6-8(2)12)10-4-5-11(13)9(10)3/h7,9-10H,4-6H2,1-3H3/t7-,9-,10-/m1/s1. The fourth-order valence-corrected chi connectivity index (χ4v) is 2.41. The number of carbonyl (C=O) groups excluding carboxylic acids is 2. The Morgan fingerprint density at radius 1 is 1.62 bits per heavy atom. The van der Waals surface area contributed by atoms with Gasteiger partial charge in [0.05, 0.1) is 0 Å². The van der Waals surface area contributed by atoms with Gasteiger partial charge in [0.2, 0.25) is 0 Å². The Hall–Kier alpha value is -0.660. The summed E-state index contributed by atoms with van der Waals surface area (Å²) in [7, 11) is 0. The van der Waals surface area contributed by atoms with Gasteiger partial charge in [0.25, 0.3) is 0 Å². The topological polar surface area (TPSA) is 34.1 Å². The molecule has 13 heavy (non-hydrogen) atoms. The van der Waals surface area contributed by atoms with Gasteiger partial charge < -0.3 is 4.79 Å². The van der Waals surface area contributed by atoms with Gasteiger partial charge >= 0.3 is 0 Å². The Bertz CT molecular complexity index is 220. The molecule has 0 amide bonds. The molecule has 1 aliphatic carbocycles. The third-order valence-electron chi connectivity index (χ3n) is 3.21. The minimum Gasteiger partial charge on any atom is -0.300 e. The molecule has 1 aliphatic rings. The number of rotatable bonds is 3. The molecule has 0 bridgehead atoms. The zero-order chi connectivity index (χ0) is 10.0. The van der Waals surface area contributed by atoms with Crippen LogP contribution in [0.3, 0.4) is 0 Å². The Morgan fingerprint density at radius 2 is 2.23 bits per heavy atom. The van der Waals surface area contributed by atoms with E-state index in [2.05, 4.69) is 6.92 Å². The lowest BCUT2D eigenvalue weighted by molar-refractivity contribution is -0.122.